The molecule has 76 valence electrons. The van der Waals surface area contributed by atoms with Gasteiger partial charge in [-0.05, 0) is 12.3 Å². The second kappa shape index (κ2) is 4.85. The molecule has 0 atom stereocenters. The van der Waals surface area contributed by atoms with Crippen LogP contribution in [0.15, 0.2) is 17.2 Å². The van der Waals surface area contributed by atoms with Crippen molar-refractivity contribution in [2.24, 2.45) is 0 Å². The van der Waals surface area contributed by atoms with Crippen molar-refractivity contribution in [1.82, 2.24) is 4.98 Å². The topological polar surface area (TPSA) is 48.4 Å². The molecule has 0 saturated carbocycles. The fourth-order valence-electron chi connectivity index (χ4n) is 0.926. The van der Waals surface area contributed by atoms with Crippen molar-refractivity contribution in [2.75, 3.05) is 20.5 Å². The van der Waals surface area contributed by atoms with Crippen molar-refractivity contribution in [3.63, 3.8) is 0 Å². The van der Waals surface area contributed by atoms with Crippen molar-refractivity contribution >= 4 is 17.7 Å². The Hall–Kier alpha value is -1.23. The second-order valence-corrected chi connectivity index (χ2v) is 3.26. The molecule has 0 amide bonds. The minimum atomic E-state index is -0.388. The number of rotatable bonds is 3. The van der Waals surface area contributed by atoms with Gasteiger partial charge in [0.1, 0.15) is 5.03 Å². The molecule has 0 aliphatic carbocycles. The van der Waals surface area contributed by atoms with Gasteiger partial charge in [0.05, 0.1) is 19.8 Å². The zero-order chi connectivity index (χ0) is 10.6. The van der Waals surface area contributed by atoms with Crippen molar-refractivity contribution in [2.45, 2.75) is 5.03 Å². The first-order valence-corrected chi connectivity index (χ1v) is 5.12. The zero-order valence-electron chi connectivity index (χ0n) is 8.23. The number of thioether (sulfide) groups is 1. The number of ether oxygens (including phenoxy) is 2. The molecule has 0 bridgehead atoms. The molecule has 0 N–H and O–H groups in total. The fraction of sp³-hybridized carbons (Fsp3) is 0.333. The van der Waals surface area contributed by atoms with Crippen LogP contribution in [-0.4, -0.2) is 31.4 Å². The van der Waals surface area contributed by atoms with Crippen LogP contribution < -0.4 is 4.74 Å². The normalized spacial score (nSPS) is 9.64. The molecule has 0 aliphatic rings. The van der Waals surface area contributed by atoms with Crippen LogP contribution in [0.2, 0.25) is 0 Å². The molecule has 0 unspecified atom stereocenters. The van der Waals surface area contributed by atoms with Crippen molar-refractivity contribution in [1.29, 1.82) is 0 Å². The van der Waals surface area contributed by atoms with Gasteiger partial charge in [-0.15, -0.1) is 11.8 Å². The number of pyridine rings is 1. The minimum absolute atomic E-state index is 0.388. The van der Waals surface area contributed by atoms with E-state index in [2.05, 4.69) is 9.72 Å². The number of carbonyl (C=O) groups excluding carboxylic acids is 1. The summed E-state index contributed by atoms with van der Waals surface area (Å²) in [6.45, 7) is 0. The molecule has 0 spiro atoms. The lowest BCUT2D eigenvalue weighted by Crippen LogP contribution is -2.03. The molecule has 0 radical (unpaired) electrons. The van der Waals surface area contributed by atoms with E-state index in [0.29, 0.717) is 11.4 Å². The van der Waals surface area contributed by atoms with Gasteiger partial charge in [0.2, 0.25) is 5.88 Å². The minimum Gasteiger partial charge on any atom is -0.481 e. The third-order valence-electron chi connectivity index (χ3n) is 1.62. The number of methoxy groups -OCH3 is 2. The van der Waals surface area contributed by atoms with E-state index in [0.717, 1.165) is 5.03 Å². The lowest BCUT2D eigenvalue weighted by atomic mass is 10.3. The number of hydrogen-bond acceptors (Lipinski definition) is 5. The molecular weight excluding hydrogens is 202 g/mol. The van der Waals surface area contributed by atoms with Crippen molar-refractivity contribution in [3.8, 4) is 5.88 Å². The highest BCUT2D eigenvalue weighted by Crippen LogP contribution is 2.19. The number of carbonyl (C=O) groups is 1. The highest BCUT2D eigenvalue weighted by atomic mass is 32.2. The van der Waals surface area contributed by atoms with Gasteiger partial charge in [-0.25, -0.2) is 9.78 Å². The Balaban J connectivity index is 3.10. The van der Waals surface area contributed by atoms with Gasteiger partial charge >= 0.3 is 5.97 Å². The summed E-state index contributed by atoms with van der Waals surface area (Å²) >= 11 is 1.44. The van der Waals surface area contributed by atoms with E-state index >= 15 is 0 Å². The smallest absolute Gasteiger partial charge is 0.338 e. The molecule has 0 fully saturated rings. The lowest BCUT2D eigenvalue weighted by Gasteiger charge is -2.04. The van der Waals surface area contributed by atoms with Crippen LogP contribution in [0.4, 0.5) is 0 Å². The number of nitrogens with zero attached hydrogens (tertiary/aromatic N) is 1. The van der Waals surface area contributed by atoms with Crippen molar-refractivity contribution < 1.29 is 14.3 Å². The van der Waals surface area contributed by atoms with Gasteiger partial charge in [0.25, 0.3) is 0 Å². The van der Waals surface area contributed by atoms with Gasteiger partial charge in [-0.1, -0.05) is 0 Å². The standard InChI is InChI=1S/C9H11NO3S/c1-12-7-4-6(9(11)13-2)5-8(10-7)14-3/h4-5H,1-3H3. The molecule has 0 saturated heterocycles. The average Bonchev–Trinajstić information content (AvgIpc) is 2.27. The Morgan fingerprint density at radius 1 is 1.43 bits per heavy atom. The summed E-state index contributed by atoms with van der Waals surface area (Å²) in [5, 5.41) is 0.727. The monoisotopic (exact) mass is 213 g/mol. The summed E-state index contributed by atoms with van der Waals surface area (Å²) in [7, 11) is 2.85. The average molecular weight is 213 g/mol. The van der Waals surface area contributed by atoms with Gasteiger partial charge in [-0.3, -0.25) is 0 Å². The third-order valence-corrected chi connectivity index (χ3v) is 2.25. The van der Waals surface area contributed by atoms with E-state index in [1.807, 2.05) is 6.26 Å². The summed E-state index contributed by atoms with van der Waals surface area (Å²) in [5.74, 6) is 0.0262. The Bertz CT molecular complexity index is 319. The first-order valence-electron chi connectivity index (χ1n) is 3.89. The van der Waals surface area contributed by atoms with E-state index in [-0.39, 0.29) is 5.97 Å². The summed E-state index contributed by atoms with van der Waals surface area (Å²) in [6, 6.07) is 3.21. The van der Waals surface area contributed by atoms with E-state index in [1.54, 1.807) is 12.1 Å². The Morgan fingerprint density at radius 3 is 2.64 bits per heavy atom. The van der Waals surface area contributed by atoms with E-state index in [4.69, 9.17) is 4.74 Å². The highest BCUT2D eigenvalue weighted by molar-refractivity contribution is 7.98. The van der Waals surface area contributed by atoms with Crippen LogP contribution in [0, 0.1) is 0 Å². The van der Waals surface area contributed by atoms with Crippen LogP contribution in [0.3, 0.4) is 0 Å². The molecule has 1 rings (SSSR count). The van der Waals surface area contributed by atoms with Crippen LogP contribution in [-0.2, 0) is 4.74 Å². The van der Waals surface area contributed by atoms with Gasteiger partial charge < -0.3 is 9.47 Å². The molecule has 0 aliphatic heterocycles. The summed E-state index contributed by atoms with van der Waals surface area (Å²) < 4.78 is 9.56. The largest absolute Gasteiger partial charge is 0.481 e. The summed E-state index contributed by atoms with van der Waals surface area (Å²) in [4.78, 5) is 15.4. The van der Waals surface area contributed by atoms with Gasteiger partial charge in [0, 0.05) is 6.07 Å². The first kappa shape index (κ1) is 10.8. The van der Waals surface area contributed by atoms with Crippen LogP contribution >= 0.6 is 11.8 Å². The molecule has 5 heteroatoms. The van der Waals surface area contributed by atoms with E-state index in [1.165, 1.54) is 26.0 Å². The van der Waals surface area contributed by atoms with Gasteiger partial charge in [-0.2, -0.15) is 0 Å². The number of aromatic nitrogens is 1. The molecule has 1 aromatic rings. The predicted octanol–water partition coefficient (Wildman–Crippen LogP) is 1.60. The quantitative estimate of drug-likeness (QED) is 0.563. The predicted molar refractivity (Wildman–Crippen MR) is 53.9 cm³/mol. The lowest BCUT2D eigenvalue weighted by molar-refractivity contribution is 0.0599. The van der Waals surface area contributed by atoms with Crippen LogP contribution in [0.1, 0.15) is 10.4 Å². The van der Waals surface area contributed by atoms with E-state index in [9.17, 15) is 4.79 Å². The zero-order valence-corrected chi connectivity index (χ0v) is 9.05. The molecule has 1 aromatic heterocycles. The summed E-state index contributed by atoms with van der Waals surface area (Å²) in [6.07, 6.45) is 1.88. The van der Waals surface area contributed by atoms with Crippen LogP contribution in [0.25, 0.3) is 0 Å². The van der Waals surface area contributed by atoms with Crippen molar-refractivity contribution in [3.05, 3.63) is 17.7 Å². The molecule has 1 heterocycles. The maximum absolute atomic E-state index is 11.2. The number of esters is 1. The maximum atomic E-state index is 11.2. The fourth-order valence-corrected chi connectivity index (χ4v) is 1.35. The SMILES string of the molecule is COC(=O)c1cc(OC)nc(SC)c1. The Morgan fingerprint density at radius 2 is 2.14 bits per heavy atom. The molecule has 14 heavy (non-hydrogen) atoms. The summed E-state index contributed by atoms with van der Waals surface area (Å²) in [5.41, 5.74) is 0.448. The third kappa shape index (κ3) is 2.38. The number of hydrogen-bond donors (Lipinski definition) is 0. The molecule has 0 aromatic carbocycles. The second-order valence-electron chi connectivity index (χ2n) is 2.43. The van der Waals surface area contributed by atoms with Gasteiger partial charge in [0.15, 0.2) is 0 Å². The molecular formula is C9H11NO3S. The van der Waals surface area contributed by atoms with E-state index < -0.39 is 0 Å². The first-order chi connectivity index (χ1) is 6.71. The Kier molecular flexibility index (Phi) is 3.76. The molecule has 4 nitrogen and oxygen atoms in total. The Labute approximate surface area is 86.6 Å². The maximum Gasteiger partial charge on any atom is 0.338 e. The van der Waals surface area contributed by atoms with Crippen LogP contribution in [0.5, 0.6) is 5.88 Å². The highest BCUT2D eigenvalue weighted by Gasteiger charge is 2.09.